The van der Waals surface area contributed by atoms with Crippen LogP contribution < -0.4 is 10.6 Å². The zero-order chi connectivity index (χ0) is 18.5. The summed E-state index contributed by atoms with van der Waals surface area (Å²) in [6, 6.07) is 15.2. The number of halogens is 2. The van der Waals surface area contributed by atoms with Crippen LogP contribution in [0.3, 0.4) is 0 Å². The van der Waals surface area contributed by atoms with E-state index in [4.69, 9.17) is 5.26 Å². The van der Waals surface area contributed by atoms with Crippen LogP contribution in [-0.4, -0.2) is 10.9 Å². The lowest BCUT2D eigenvalue weighted by molar-refractivity contribution is 0.102. The summed E-state index contributed by atoms with van der Waals surface area (Å²) in [5, 5.41) is 14.5. The van der Waals surface area contributed by atoms with E-state index in [1.807, 2.05) is 0 Å². The first-order chi connectivity index (χ1) is 12.5. The van der Waals surface area contributed by atoms with Gasteiger partial charge in [-0.05, 0) is 48.5 Å². The fourth-order valence-electron chi connectivity index (χ4n) is 2.20. The maximum Gasteiger partial charge on any atom is 0.256 e. The number of nitriles is 1. The first-order valence-electron chi connectivity index (χ1n) is 7.55. The molecule has 7 heteroatoms. The van der Waals surface area contributed by atoms with Crippen LogP contribution >= 0.6 is 0 Å². The van der Waals surface area contributed by atoms with Gasteiger partial charge in [-0.25, -0.2) is 13.8 Å². The second kappa shape index (κ2) is 7.40. The average Bonchev–Trinajstić information content (AvgIpc) is 2.65. The van der Waals surface area contributed by atoms with Gasteiger partial charge >= 0.3 is 0 Å². The minimum Gasteiger partial charge on any atom is -0.354 e. The van der Waals surface area contributed by atoms with E-state index in [-0.39, 0.29) is 11.4 Å². The van der Waals surface area contributed by atoms with Crippen molar-refractivity contribution in [3.63, 3.8) is 0 Å². The number of anilines is 3. The Morgan fingerprint density at radius 2 is 1.85 bits per heavy atom. The number of pyridine rings is 1. The van der Waals surface area contributed by atoms with Crippen molar-refractivity contribution in [1.29, 1.82) is 5.26 Å². The molecule has 2 N–H and O–H groups in total. The predicted octanol–water partition coefficient (Wildman–Crippen LogP) is 4.23. The molecule has 0 saturated heterocycles. The van der Waals surface area contributed by atoms with Gasteiger partial charge in [0.15, 0.2) is 11.6 Å². The second-order valence-electron chi connectivity index (χ2n) is 5.33. The molecular formula is C19H12F2N4O. The summed E-state index contributed by atoms with van der Waals surface area (Å²) in [6.45, 7) is 0. The van der Waals surface area contributed by atoms with Crippen molar-refractivity contribution >= 4 is 23.1 Å². The average molecular weight is 350 g/mol. The predicted molar refractivity (Wildman–Crippen MR) is 93.0 cm³/mol. The van der Waals surface area contributed by atoms with Crippen molar-refractivity contribution in [3.8, 4) is 6.07 Å². The van der Waals surface area contributed by atoms with Crippen molar-refractivity contribution < 1.29 is 13.6 Å². The van der Waals surface area contributed by atoms with Gasteiger partial charge in [-0.1, -0.05) is 6.07 Å². The molecule has 0 aliphatic carbocycles. The third-order valence-corrected chi connectivity index (χ3v) is 3.47. The van der Waals surface area contributed by atoms with Crippen LogP contribution in [0.1, 0.15) is 15.9 Å². The number of carbonyl (C=O) groups excluding carboxylic acids is 1. The Labute approximate surface area is 147 Å². The van der Waals surface area contributed by atoms with E-state index < -0.39 is 17.5 Å². The molecule has 1 amide bonds. The molecule has 0 spiro atoms. The lowest BCUT2D eigenvalue weighted by Crippen LogP contribution is -2.13. The first kappa shape index (κ1) is 17.0. The molecule has 128 valence electrons. The third-order valence-electron chi connectivity index (χ3n) is 3.47. The molecule has 0 fully saturated rings. The summed E-state index contributed by atoms with van der Waals surface area (Å²) in [5.41, 5.74) is 1.90. The number of hydrogen-bond acceptors (Lipinski definition) is 4. The number of amides is 1. The monoisotopic (exact) mass is 350 g/mol. The van der Waals surface area contributed by atoms with Gasteiger partial charge in [-0.3, -0.25) is 4.79 Å². The van der Waals surface area contributed by atoms with Gasteiger partial charge in [-0.15, -0.1) is 0 Å². The fourth-order valence-corrected chi connectivity index (χ4v) is 2.20. The number of carbonyl (C=O) groups is 1. The molecule has 26 heavy (non-hydrogen) atoms. The number of hydrogen-bond donors (Lipinski definition) is 2. The smallest absolute Gasteiger partial charge is 0.256 e. The van der Waals surface area contributed by atoms with Crippen LogP contribution in [0.4, 0.5) is 26.0 Å². The Morgan fingerprint density at radius 3 is 2.54 bits per heavy atom. The van der Waals surface area contributed by atoms with Gasteiger partial charge in [0.05, 0.1) is 23.5 Å². The Balaban J connectivity index is 1.68. The third kappa shape index (κ3) is 3.99. The van der Waals surface area contributed by atoms with Crippen molar-refractivity contribution in [2.24, 2.45) is 0 Å². The zero-order valence-electron chi connectivity index (χ0n) is 13.3. The number of benzene rings is 2. The number of aromatic nitrogens is 1. The number of nitrogens with one attached hydrogen (secondary N) is 2. The van der Waals surface area contributed by atoms with Crippen molar-refractivity contribution in [1.82, 2.24) is 4.98 Å². The van der Waals surface area contributed by atoms with E-state index in [1.165, 1.54) is 12.3 Å². The van der Waals surface area contributed by atoms with Crippen molar-refractivity contribution in [2.75, 3.05) is 10.6 Å². The molecule has 5 nitrogen and oxygen atoms in total. The van der Waals surface area contributed by atoms with Crippen LogP contribution in [0.25, 0.3) is 0 Å². The van der Waals surface area contributed by atoms with Gasteiger partial charge in [0, 0.05) is 11.3 Å². The number of rotatable bonds is 4. The Hall–Kier alpha value is -3.79. The van der Waals surface area contributed by atoms with Gasteiger partial charge in [0.2, 0.25) is 0 Å². The minimum absolute atomic E-state index is 0.0128. The van der Waals surface area contributed by atoms with Crippen LogP contribution in [0.5, 0.6) is 0 Å². The van der Waals surface area contributed by atoms with E-state index in [0.717, 1.165) is 17.8 Å². The molecule has 0 saturated carbocycles. The molecule has 0 atom stereocenters. The molecule has 1 heterocycles. The quantitative estimate of drug-likeness (QED) is 0.738. The largest absolute Gasteiger partial charge is 0.354 e. The SMILES string of the molecule is N#Cc1cccc(Nc2ccc(NC(=O)c3ccc(F)c(F)c3)nc2)c1. The fraction of sp³-hybridized carbons (Fsp3) is 0. The van der Waals surface area contributed by atoms with Gasteiger partial charge in [-0.2, -0.15) is 5.26 Å². The van der Waals surface area contributed by atoms with Crippen LogP contribution in [-0.2, 0) is 0 Å². The Morgan fingerprint density at radius 1 is 1.00 bits per heavy atom. The summed E-state index contributed by atoms with van der Waals surface area (Å²) in [5.74, 6) is -2.45. The maximum atomic E-state index is 13.2. The summed E-state index contributed by atoms with van der Waals surface area (Å²) >= 11 is 0. The van der Waals surface area contributed by atoms with Gasteiger partial charge in [0.1, 0.15) is 5.82 Å². The molecule has 0 radical (unpaired) electrons. The maximum absolute atomic E-state index is 13.2. The molecule has 2 aromatic carbocycles. The lowest BCUT2D eigenvalue weighted by Gasteiger charge is -2.08. The molecule has 3 rings (SSSR count). The van der Waals surface area contributed by atoms with E-state index in [9.17, 15) is 13.6 Å². The molecule has 1 aromatic heterocycles. The highest BCUT2D eigenvalue weighted by Crippen LogP contribution is 2.18. The van der Waals surface area contributed by atoms with E-state index in [2.05, 4.69) is 21.7 Å². The molecular weight excluding hydrogens is 338 g/mol. The molecule has 3 aromatic rings. The highest BCUT2D eigenvalue weighted by Gasteiger charge is 2.10. The van der Waals surface area contributed by atoms with Gasteiger partial charge in [0.25, 0.3) is 5.91 Å². The van der Waals surface area contributed by atoms with E-state index >= 15 is 0 Å². The Bertz CT molecular complexity index is 997. The zero-order valence-corrected chi connectivity index (χ0v) is 13.3. The molecule has 0 aliphatic heterocycles. The molecule has 0 unspecified atom stereocenters. The normalized spacial score (nSPS) is 10.0. The highest BCUT2D eigenvalue weighted by atomic mass is 19.2. The van der Waals surface area contributed by atoms with Crippen LogP contribution in [0.15, 0.2) is 60.8 Å². The lowest BCUT2D eigenvalue weighted by atomic mass is 10.2. The van der Waals surface area contributed by atoms with Crippen LogP contribution in [0, 0.1) is 23.0 Å². The summed E-state index contributed by atoms with van der Waals surface area (Å²) < 4.78 is 26.1. The van der Waals surface area contributed by atoms with Gasteiger partial charge < -0.3 is 10.6 Å². The summed E-state index contributed by atoms with van der Waals surface area (Å²) in [7, 11) is 0. The van der Waals surface area contributed by atoms with E-state index in [0.29, 0.717) is 11.3 Å². The highest BCUT2D eigenvalue weighted by molar-refractivity contribution is 6.03. The van der Waals surface area contributed by atoms with Crippen LogP contribution in [0.2, 0.25) is 0 Å². The van der Waals surface area contributed by atoms with Crippen molar-refractivity contribution in [3.05, 3.63) is 83.6 Å². The molecule has 0 bridgehead atoms. The molecule has 0 aliphatic rings. The number of nitrogens with zero attached hydrogens (tertiary/aromatic N) is 2. The Kier molecular flexibility index (Phi) is 4.85. The minimum atomic E-state index is -1.09. The topological polar surface area (TPSA) is 77.8 Å². The second-order valence-corrected chi connectivity index (χ2v) is 5.33. The summed E-state index contributed by atoms with van der Waals surface area (Å²) in [6.07, 6.45) is 1.50. The summed E-state index contributed by atoms with van der Waals surface area (Å²) in [4.78, 5) is 16.1. The van der Waals surface area contributed by atoms with Crippen molar-refractivity contribution in [2.45, 2.75) is 0 Å². The first-order valence-corrected chi connectivity index (χ1v) is 7.55. The standard InChI is InChI=1S/C19H12F2N4O/c20-16-6-4-13(9-17(16)21)19(26)25-18-7-5-15(11-23-18)24-14-3-1-2-12(8-14)10-22/h1-9,11,24H,(H,23,25,26). The van der Waals surface area contributed by atoms with E-state index in [1.54, 1.807) is 36.4 Å².